The number of hydrogen-bond acceptors (Lipinski definition) is 3. The molecule has 2 heterocycles. The predicted octanol–water partition coefficient (Wildman–Crippen LogP) is 4.34. The molecular weight excluding hydrogens is 324 g/mol. The van der Waals surface area contributed by atoms with Crippen molar-refractivity contribution in [3.63, 3.8) is 0 Å². The fourth-order valence-corrected chi connectivity index (χ4v) is 4.18. The van der Waals surface area contributed by atoms with Crippen LogP contribution in [0.5, 0.6) is 0 Å². The van der Waals surface area contributed by atoms with E-state index in [1.165, 1.54) is 5.56 Å². The smallest absolute Gasteiger partial charge is 0.226 e. The third-order valence-corrected chi connectivity index (χ3v) is 5.80. The molecule has 2 unspecified atom stereocenters. The van der Waals surface area contributed by atoms with Crippen LogP contribution in [-0.4, -0.2) is 28.9 Å². The van der Waals surface area contributed by atoms with E-state index < -0.39 is 0 Å². The molecule has 1 aliphatic heterocycles. The number of aromatic nitrogens is 1. The normalized spacial score (nSPS) is 23.3. The van der Waals surface area contributed by atoms with Gasteiger partial charge < -0.3 is 9.32 Å². The summed E-state index contributed by atoms with van der Waals surface area (Å²) in [4.78, 5) is 19.5. The van der Waals surface area contributed by atoms with Gasteiger partial charge in [-0.15, -0.1) is 0 Å². The summed E-state index contributed by atoms with van der Waals surface area (Å²) in [5.41, 5.74) is 3.07. The van der Waals surface area contributed by atoms with Crippen molar-refractivity contribution >= 4 is 17.0 Å². The average Bonchev–Trinajstić information content (AvgIpc) is 3.39. The first-order chi connectivity index (χ1) is 12.8. The lowest BCUT2D eigenvalue weighted by atomic mass is 9.96. The minimum Gasteiger partial charge on any atom is -0.440 e. The number of hydrogen-bond donors (Lipinski definition) is 0. The number of rotatable bonds is 3. The van der Waals surface area contributed by atoms with Crippen LogP contribution in [0, 0.1) is 5.92 Å². The molecule has 3 aromatic rings. The Labute approximate surface area is 152 Å². The predicted molar refractivity (Wildman–Crippen MR) is 99.9 cm³/mol. The van der Waals surface area contributed by atoms with Gasteiger partial charge in [-0.25, -0.2) is 4.98 Å². The number of piperidine rings is 1. The summed E-state index contributed by atoms with van der Waals surface area (Å²) in [6, 6.07) is 18.3. The molecule has 4 heteroatoms. The summed E-state index contributed by atoms with van der Waals surface area (Å²) < 4.78 is 5.92. The zero-order chi connectivity index (χ0) is 17.5. The van der Waals surface area contributed by atoms with Gasteiger partial charge in [0.05, 0.1) is 0 Å². The van der Waals surface area contributed by atoms with Crippen molar-refractivity contribution in [2.45, 2.75) is 31.1 Å². The number of oxazole rings is 1. The molecule has 1 aliphatic carbocycles. The first-order valence-electron chi connectivity index (χ1n) is 9.49. The molecule has 0 radical (unpaired) electrons. The zero-order valence-electron chi connectivity index (χ0n) is 14.7. The highest BCUT2D eigenvalue weighted by Crippen LogP contribution is 2.48. The molecule has 1 aromatic heterocycles. The molecular formula is C22H22N2O2. The van der Waals surface area contributed by atoms with E-state index in [-0.39, 0.29) is 5.92 Å². The molecule has 1 saturated heterocycles. The van der Waals surface area contributed by atoms with Gasteiger partial charge in [-0.05, 0) is 42.9 Å². The highest BCUT2D eigenvalue weighted by atomic mass is 16.3. The van der Waals surface area contributed by atoms with Gasteiger partial charge in [-0.3, -0.25) is 4.79 Å². The minimum absolute atomic E-state index is 0.179. The minimum atomic E-state index is 0.179. The van der Waals surface area contributed by atoms with Crippen molar-refractivity contribution in [1.29, 1.82) is 0 Å². The molecule has 5 rings (SSSR count). The van der Waals surface area contributed by atoms with Crippen molar-refractivity contribution in [3.8, 4) is 0 Å². The molecule has 1 saturated carbocycles. The molecule has 2 atom stereocenters. The summed E-state index contributed by atoms with van der Waals surface area (Å²) in [7, 11) is 0. The van der Waals surface area contributed by atoms with Crippen LogP contribution < -0.4 is 0 Å². The van der Waals surface area contributed by atoms with Crippen molar-refractivity contribution in [3.05, 3.63) is 66.1 Å². The van der Waals surface area contributed by atoms with E-state index in [4.69, 9.17) is 4.42 Å². The van der Waals surface area contributed by atoms with Crippen LogP contribution in [0.2, 0.25) is 0 Å². The Morgan fingerprint density at radius 3 is 2.50 bits per heavy atom. The van der Waals surface area contributed by atoms with Gasteiger partial charge >= 0.3 is 0 Å². The Balaban J connectivity index is 1.21. The molecule has 0 spiro atoms. The lowest BCUT2D eigenvalue weighted by Crippen LogP contribution is -2.39. The van der Waals surface area contributed by atoms with Gasteiger partial charge in [0.2, 0.25) is 5.91 Å². The highest BCUT2D eigenvalue weighted by molar-refractivity contribution is 5.83. The lowest BCUT2D eigenvalue weighted by Gasteiger charge is -2.31. The van der Waals surface area contributed by atoms with Crippen molar-refractivity contribution in [2.24, 2.45) is 5.92 Å². The van der Waals surface area contributed by atoms with E-state index in [1.54, 1.807) is 0 Å². The van der Waals surface area contributed by atoms with Crippen LogP contribution in [0.1, 0.15) is 42.6 Å². The molecule has 2 aromatic carbocycles. The fourth-order valence-electron chi connectivity index (χ4n) is 4.18. The van der Waals surface area contributed by atoms with E-state index >= 15 is 0 Å². The maximum atomic E-state index is 12.8. The number of para-hydroxylation sites is 2. The third kappa shape index (κ3) is 2.79. The number of carbonyl (C=O) groups is 1. The molecule has 0 N–H and O–H groups in total. The standard InChI is InChI=1S/C22H22N2O2/c25-22(18-14-17(18)15-6-2-1-3-7-15)24-12-10-16(11-13-24)21-23-19-8-4-5-9-20(19)26-21/h1-9,16-18H,10-14H2. The number of benzene rings is 2. The SMILES string of the molecule is O=C(C1CC1c1ccccc1)N1CCC(c2nc3ccccc3o2)CC1. The highest BCUT2D eigenvalue weighted by Gasteiger charge is 2.46. The van der Waals surface area contributed by atoms with Gasteiger partial charge in [-0.2, -0.15) is 0 Å². The van der Waals surface area contributed by atoms with E-state index in [0.29, 0.717) is 17.7 Å². The summed E-state index contributed by atoms with van der Waals surface area (Å²) >= 11 is 0. The maximum absolute atomic E-state index is 12.8. The Hall–Kier alpha value is -2.62. The van der Waals surface area contributed by atoms with E-state index in [9.17, 15) is 4.79 Å². The number of amides is 1. The Kier molecular flexibility index (Phi) is 3.77. The average molecular weight is 346 g/mol. The molecule has 26 heavy (non-hydrogen) atoms. The van der Waals surface area contributed by atoms with E-state index in [0.717, 1.165) is 49.3 Å². The topological polar surface area (TPSA) is 46.3 Å². The fraction of sp³-hybridized carbons (Fsp3) is 0.364. The number of likely N-dealkylation sites (tertiary alicyclic amines) is 1. The Morgan fingerprint density at radius 2 is 1.73 bits per heavy atom. The van der Waals surface area contributed by atoms with Gasteiger partial charge in [0.25, 0.3) is 0 Å². The largest absolute Gasteiger partial charge is 0.440 e. The van der Waals surface area contributed by atoms with Crippen molar-refractivity contribution in [1.82, 2.24) is 9.88 Å². The summed E-state index contributed by atoms with van der Waals surface area (Å²) in [5, 5.41) is 0. The summed E-state index contributed by atoms with van der Waals surface area (Å²) in [6.07, 6.45) is 2.86. The number of nitrogens with zero attached hydrogens (tertiary/aromatic N) is 2. The summed E-state index contributed by atoms with van der Waals surface area (Å²) in [6.45, 7) is 1.61. The molecule has 2 fully saturated rings. The van der Waals surface area contributed by atoms with Gasteiger partial charge in [0.15, 0.2) is 11.5 Å². The van der Waals surface area contributed by atoms with Crippen LogP contribution in [0.4, 0.5) is 0 Å². The molecule has 2 aliphatic rings. The lowest BCUT2D eigenvalue weighted by molar-refractivity contribution is -0.133. The van der Waals surface area contributed by atoms with E-state index in [1.807, 2.05) is 35.2 Å². The Bertz CT molecular complexity index is 892. The molecule has 1 amide bonds. The van der Waals surface area contributed by atoms with Gasteiger partial charge in [0.1, 0.15) is 5.52 Å². The van der Waals surface area contributed by atoms with Crippen LogP contribution >= 0.6 is 0 Å². The second-order valence-corrected chi connectivity index (χ2v) is 7.48. The van der Waals surface area contributed by atoms with Gasteiger partial charge in [0, 0.05) is 24.9 Å². The first-order valence-corrected chi connectivity index (χ1v) is 9.49. The van der Waals surface area contributed by atoms with Crippen LogP contribution in [0.25, 0.3) is 11.1 Å². The monoisotopic (exact) mass is 346 g/mol. The van der Waals surface area contributed by atoms with Crippen LogP contribution in [0.15, 0.2) is 59.0 Å². The van der Waals surface area contributed by atoms with Gasteiger partial charge in [-0.1, -0.05) is 42.5 Å². The number of carbonyl (C=O) groups excluding carboxylic acids is 1. The molecule has 132 valence electrons. The van der Waals surface area contributed by atoms with Crippen molar-refractivity contribution in [2.75, 3.05) is 13.1 Å². The summed E-state index contributed by atoms with van der Waals surface area (Å²) in [5.74, 6) is 2.06. The molecule has 0 bridgehead atoms. The first kappa shape index (κ1) is 15.6. The molecule has 4 nitrogen and oxygen atoms in total. The number of fused-ring (bicyclic) bond motifs is 1. The van der Waals surface area contributed by atoms with Crippen LogP contribution in [0.3, 0.4) is 0 Å². The Morgan fingerprint density at radius 1 is 1.00 bits per heavy atom. The maximum Gasteiger partial charge on any atom is 0.226 e. The van der Waals surface area contributed by atoms with Crippen molar-refractivity contribution < 1.29 is 9.21 Å². The second-order valence-electron chi connectivity index (χ2n) is 7.48. The third-order valence-electron chi connectivity index (χ3n) is 5.80. The zero-order valence-corrected chi connectivity index (χ0v) is 14.7. The van der Waals surface area contributed by atoms with Crippen LogP contribution in [-0.2, 0) is 4.79 Å². The second kappa shape index (κ2) is 6.27. The van der Waals surface area contributed by atoms with E-state index in [2.05, 4.69) is 29.2 Å². The quantitative estimate of drug-likeness (QED) is 0.709.